The first-order chi connectivity index (χ1) is 14.0. The monoisotopic (exact) mass is 412 g/mol. The van der Waals surface area contributed by atoms with Crippen molar-refractivity contribution >= 4 is 29.0 Å². The smallest absolute Gasteiger partial charge is 0.224 e. The van der Waals surface area contributed by atoms with Crippen molar-refractivity contribution in [2.75, 3.05) is 18.4 Å². The van der Waals surface area contributed by atoms with E-state index in [0.717, 1.165) is 55.5 Å². The third-order valence-corrected chi connectivity index (χ3v) is 6.20. The zero-order chi connectivity index (χ0) is 20.4. The van der Waals surface area contributed by atoms with Crippen LogP contribution in [0.5, 0.6) is 5.75 Å². The number of carbonyl (C=O) groups is 2. The Balaban J connectivity index is 1.36. The molecule has 3 N–H and O–H groups in total. The average molecular weight is 413 g/mol. The number of fused-ring (bicyclic) bond motifs is 3. The highest BCUT2D eigenvalue weighted by Gasteiger charge is 2.33. The van der Waals surface area contributed by atoms with Crippen molar-refractivity contribution in [2.45, 2.75) is 38.5 Å². The quantitative estimate of drug-likeness (QED) is 0.629. The molecule has 1 aliphatic heterocycles. The second-order valence-electron chi connectivity index (χ2n) is 7.85. The predicted octanol–water partition coefficient (Wildman–Crippen LogP) is 3.90. The van der Waals surface area contributed by atoms with E-state index >= 15 is 0 Å². The highest BCUT2D eigenvalue weighted by Crippen LogP contribution is 2.40. The minimum Gasteiger partial charge on any atom is -0.508 e. The molecule has 1 atom stereocenters. The minimum atomic E-state index is -0.0445. The first-order valence-corrected chi connectivity index (χ1v) is 10.6. The summed E-state index contributed by atoms with van der Waals surface area (Å²) in [7, 11) is 0. The van der Waals surface area contributed by atoms with Crippen LogP contribution >= 0.6 is 11.6 Å². The van der Waals surface area contributed by atoms with Gasteiger partial charge in [0.2, 0.25) is 5.91 Å². The fraction of sp³-hybridized carbons (Fsp3) is 0.391. The van der Waals surface area contributed by atoms with E-state index in [4.69, 9.17) is 11.6 Å². The lowest BCUT2D eigenvalue weighted by molar-refractivity contribution is -0.116. The van der Waals surface area contributed by atoms with E-state index in [-0.39, 0.29) is 23.4 Å². The zero-order valence-corrected chi connectivity index (χ0v) is 17.0. The van der Waals surface area contributed by atoms with Gasteiger partial charge in [-0.15, -0.1) is 0 Å². The number of ketones is 1. The van der Waals surface area contributed by atoms with E-state index in [1.165, 1.54) is 5.56 Å². The number of halogens is 1. The van der Waals surface area contributed by atoms with Crippen molar-refractivity contribution in [3.63, 3.8) is 0 Å². The number of benzene rings is 2. The number of hydrogen-bond donors (Lipinski definition) is 3. The Hall–Kier alpha value is -2.37. The van der Waals surface area contributed by atoms with Crippen LogP contribution < -0.4 is 10.6 Å². The summed E-state index contributed by atoms with van der Waals surface area (Å²) in [5.74, 6) is 0.431. The second-order valence-corrected chi connectivity index (χ2v) is 8.26. The fourth-order valence-electron chi connectivity index (χ4n) is 4.33. The summed E-state index contributed by atoms with van der Waals surface area (Å²) in [4.78, 5) is 24.9. The van der Waals surface area contributed by atoms with Gasteiger partial charge in [-0.05, 0) is 80.1 Å². The van der Waals surface area contributed by atoms with Crippen LogP contribution in [-0.4, -0.2) is 29.9 Å². The van der Waals surface area contributed by atoms with Gasteiger partial charge < -0.3 is 15.7 Å². The SMILES string of the molecule is O=C1CCc2c(c(Cl)cc3c2C(=O)C(CCNCCc2ccc(O)cc2)CC3)N1. The molecular weight excluding hydrogens is 388 g/mol. The Morgan fingerprint density at radius 2 is 1.90 bits per heavy atom. The lowest BCUT2D eigenvalue weighted by Gasteiger charge is -2.29. The van der Waals surface area contributed by atoms with Crippen LogP contribution in [0, 0.1) is 5.92 Å². The molecule has 2 aromatic rings. The Labute approximate surface area is 175 Å². The van der Waals surface area contributed by atoms with Crippen LogP contribution in [0.1, 0.15) is 46.3 Å². The van der Waals surface area contributed by atoms with Gasteiger partial charge in [0, 0.05) is 17.9 Å². The molecule has 0 radical (unpaired) electrons. The summed E-state index contributed by atoms with van der Waals surface area (Å²) in [6, 6.07) is 9.09. The molecule has 1 unspecified atom stereocenters. The molecule has 0 spiro atoms. The predicted molar refractivity (Wildman–Crippen MR) is 114 cm³/mol. The number of hydrogen-bond acceptors (Lipinski definition) is 4. The van der Waals surface area contributed by atoms with E-state index in [0.29, 0.717) is 23.6 Å². The van der Waals surface area contributed by atoms with Gasteiger partial charge >= 0.3 is 0 Å². The molecule has 0 aromatic heterocycles. The number of Topliss-reactive ketones (excluding diaryl/α,β-unsaturated/α-hetero) is 1. The topological polar surface area (TPSA) is 78.4 Å². The number of rotatable bonds is 6. The highest BCUT2D eigenvalue weighted by atomic mass is 35.5. The van der Waals surface area contributed by atoms with E-state index in [1.54, 1.807) is 12.1 Å². The molecule has 1 aliphatic carbocycles. The lowest BCUT2D eigenvalue weighted by atomic mass is 9.77. The van der Waals surface area contributed by atoms with Gasteiger partial charge in [0.15, 0.2) is 5.78 Å². The number of amides is 1. The molecule has 0 saturated heterocycles. The number of phenolic OH excluding ortho intramolecular Hbond substituents is 1. The van der Waals surface area contributed by atoms with Crippen molar-refractivity contribution in [3.8, 4) is 5.75 Å². The molecule has 1 amide bonds. The number of carbonyl (C=O) groups excluding carboxylic acids is 2. The Kier molecular flexibility index (Phi) is 5.88. The molecule has 1 heterocycles. The average Bonchev–Trinajstić information content (AvgIpc) is 2.71. The Morgan fingerprint density at radius 1 is 1.10 bits per heavy atom. The number of phenols is 1. The summed E-state index contributed by atoms with van der Waals surface area (Å²) in [5, 5.41) is 16.1. The fourth-order valence-corrected chi connectivity index (χ4v) is 4.62. The first kappa shape index (κ1) is 19.9. The maximum absolute atomic E-state index is 13.2. The van der Waals surface area contributed by atoms with E-state index in [2.05, 4.69) is 10.6 Å². The van der Waals surface area contributed by atoms with Crippen molar-refractivity contribution in [2.24, 2.45) is 5.92 Å². The summed E-state index contributed by atoms with van der Waals surface area (Å²) in [6.45, 7) is 1.62. The number of nitrogens with one attached hydrogen (secondary N) is 2. The maximum Gasteiger partial charge on any atom is 0.224 e. The van der Waals surface area contributed by atoms with Gasteiger partial charge in [-0.2, -0.15) is 0 Å². The number of aromatic hydroxyl groups is 1. The molecule has 2 aliphatic rings. The molecule has 4 rings (SSSR count). The molecular formula is C23H25ClN2O3. The summed E-state index contributed by atoms with van der Waals surface area (Å²) in [6.07, 6.45) is 4.35. The highest BCUT2D eigenvalue weighted by molar-refractivity contribution is 6.34. The molecule has 6 heteroatoms. The molecule has 29 heavy (non-hydrogen) atoms. The van der Waals surface area contributed by atoms with E-state index in [1.807, 2.05) is 18.2 Å². The largest absolute Gasteiger partial charge is 0.508 e. The maximum atomic E-state index is 13.2. The second kappa shape index (κ2) is 8.56. The molecule has 152 valence electrons. The van der Waals surface area contributed by atoms with Gasteiger partial charge in [0.25, 0.3) is 0 Å². The van der Waals surface area contributed by atoms with Crippen molar-refractivity contribution < 1.29 is 14.7 Å². The summed E-state index contributed by atoms with van der Waals surface area (Å²) >= 11 is 6.36. The summed E-state index contributed by atoms with van der Waals surface area (Å²) < 4.78 is 0. The van der Waals surface area contributed by atoms with Gasteiger partial charge in [-0.25, -0.2) is 0 Å². The van der Waals surface area contributed by atoms with Crippen LogP contribution in [0.15, 0.2) is 30.3 Å². The van der Waals surface area contributed by atoms with Gasteiger partial charge in [-0.3, -0.25) is 9.59 Å². The van der Waals surface area contributed by atoms with Crippen LogP contribution in [0.2, 0.25) is 5.02 Å². The van der Waals surface area contributed by atoms with Gasteiger partial charge in [0.05, 0.1) is 10.7 Å². The van der Waals surface area contributed by atoms with Gasteiger partial charge in [-0.1, -0.05) is 23.7 Å². The third-order valence-electron chi connectivity index (χ3n) is 5.91. The van der Waals surface area contributed by atoms with Crippen LogP contribution in [0.25, 0.3) is 0 Å². The Bertz CT molecular complexity index is 940. The van der Waals surface area contributed by atoms with E-state index in [9.17, 15) is 14.7 Å². The molecule has 5 nitrogen and oxygen atoms in total. The van der Waals surface area contributed by atoms with Crippen LogP contribution in [0.3, 0.4) is 0 Å². The third kappa shape index (κ3) is 4.31. The summed E-state index contributed by atoms with van der Waals surface area (Å²) in [5.41, 5.74) is 4.53. The number of anilines is 1. The van der Waals surface area contributed by atoms with Gasteiger partial charge in [0.1, 0.15) is 5.75 Å². The molecule has 0 fully saturated rings. The molecule has 0 bridgehead atoms. The Morgan fingerprint density at radius 3 is 2.69 bits per heavy atom. The number of aryl methyl sites for hydroxylation is 1. The van der Waals surface area contributed by atoms with Crippen LogP contribution in [0.4, 0.5) is 5.69 Å². The minimum absolute atomic E-state index is 0.00609. The first-order valence-electron chi connectivity index (χ1n) is 10.2. The molecule has 0 saturated carbocycles. The molecule has 2 aromatic carbocycles. The van der Waals surface area contributed by atoms with Crippen molar-refractivity contribution in [1.82, 2.24) is 5.32 Å². The zero-order valence-electron chi connectivity index (χ0n) is 16.3. The van der Waals surface area contributed by atoms with Crippen molar-refractivity contribution in [1.29, 1.82) is 0 Å². The van der Waals surface area contributed by atoms with Crippen molar-refractivity contribution in [3.05, 3.63) is 57.6 Å². The normalized spacial score (nSPS) is 18.2. The lowest BCUT2D eigenvalue weighted by Crippen LogP contribution is -2.30. The van der Waals surface area contributed by atoms with E-state index < -0.39 is 0 Å². The van der Waals surface area contributed by atoms with Crippen LogP contribution in [-0.2, 0) is 24.1 Å². The standard InChI is InChI=1S/C23H25ClN2O3/c24-19-13-16-4-3-15(10-12-25-11-9-14-1-5-17(27)6-2-14)23(29)21(16)18-7-8-20(28)26-22(18)19/h1-2,5-6,13,15,25,27H,3-4,7-12H2,(H,26,28).